The minimum absolute atomic E-state index is 0.0544. The van der Waals surface area contributed by atoms with Crippen LogP contribution < -0.4 is 5.32 Å². The van der Waals surface area contributed by atoms with Crippen molar-refractivity contribution in [3.05, 3.63) is 21.7 Å². The van der Waals surface area contributed by atoms with Crippen LogP contribution in [-0.4, -0.2) is 42.7 Å². The number of fused-ring (bicyclic) bond motifs is 1. The van der Waals surface area contributed by atoms with Crippen molar-refractivity contribution in [2.75, 3.05) is 12.3 Å². The van der Waals surface area contributed by atoms with Crippen LogP contribution in [0.15, 0.2) is 25.3 Å². The van der Waals surface area contributed by atoms with Gasteiger partial charge in [0.2, 0.25) is 10.9 Å². The van der Waals surface area contributed by atoms with E-state index in [1.807, 2.05) is 6.92 Å². The van der Waals surface area contributed by atoms with Gasteiger partial charge in [-0.15, -0.1) is 10.2 Å². The first kappa shape index (κ1) is 18.1. The summed E-state index contributed by atoms with van der Waals surface area (Å²) in [6.07, 6.45) is 2.50. The van der Waals surface area contributed by atoms with E-state index < -0.39 is 4.92 Å². The molecule has 0 saturated carbocycles. The van der Waals surface area contributed by atoms with Gasteiger partial charge in [0.25, 0.3) is 4.96 Å². The first-order chi connectivity index (χ1) is 12.1. The zero-order valence-corrected chi connectivity index (χ0v) is 16.1. The van der Waals surface area contributed by atoms with Crippen LogP contribution in [-0.2, 0) is 4.79 Å². The molecular formula is C12H12N6O3S4. The lowest BCUT2D eigenvalue weighted by Crippen LogP contribution is -2.25. The summed E-state index contributed by atoms with van der Waals surface area (Å²) >= 11 is 5.00. The number of thiazole rings is 1. The Morgan fingerprint density at radius 1 is 1.44 bits per heavy atom. The molecule has 0 aliphatic rings. The number of aromatic nitrogens is 4. The van der Waals surface area contributed by atoms with Crippen LogP contribution in [0.25, 0.3) is 4.96 Å². The van der Waals surface area contributed by atoms with E-state index >= 15 is 0 Å². The number of imidazole rings is 1. The Morgan fingerprint density at radius 3 is 3.00 bits per heavy atom. The molecule has 9 nitrogen and oxygen atoms in total. The highest BCUT2D eigenvalue weighted by Gasteiger charge is 2.25. The number of rotatable bonds is 8. The van der Waals surface area contributed by atoms with Crippen LogP contribution in [0.5, 0.6) is 0 Å². The van der Waals surface area contributed by atoms with E-state index in [9.17, 15) is 14.9 Å². The van der Waals surface area contributed by atoms with Crippen molar-refractivity contribution >= 4 is 62.9 Å². The molecule has 0 aliphatic heterocycles. The molecule has 0 spiro atoms. The molecule has 1 amide bonds. The minimum Gasteiger partial charge on any atom is -0.358 e. The maximum atomic E-state index is 11.6. The molecule has 0 atom stereocenters. The average Bonchev–Trinajstić information content (AvgIpc) is 3.26. The highest BCUT2D eigenvalue weighted by Crippen LogP contribution is 2.38. The number of hydrogen-bond acceptors (Lipinski definition) is 10. The normalized spacial score (nSPS) is 11.1. The molecule has 0 radical (unpaired) electrons. The lowest BCUT2D eigenvalue weighted by molar-refractivity contribution is -0.393. The van der Waals surface area contributed by atoms with Crippen LogP contribution in [0.4, 0.5) is 5.82 Å². The molecule has 132 valence electrons. The number of carbonyl (C=O) groups is 1. The van der Waals surface area contributed by atoms with Gasteiger partial charge in [-0.3, -0.25) is 4.79 Å². The predicted molar refractivity (Wildman–Crippen MR) is 97.8 cm³/mol. The second-order valence-electron chi connectivity index (χ2n) is 4.63. The fourth-order valence-electron chi connectivity index (χ4n) is 1.81. The molecule has 0 fully saturated rings. The van der Waals surface area contributed by atoms with Crippen LogP contribution in [0.2, 0.25) is 0 Å². The van der Waals surface area contributed by atoms with E-state index in [2.05, 4.69) is 20.5 Å². The number of nitrogens with one attached hydrogen (secondary N) is 1. The summed E-state index contributed by atoms with van der Waals surface area (Å²) in [5.74, 6) is 0.130. The second-order valence-corrected chi connectivity index (χ2v) is 8.94. The molecule has 0 bridgehead atoms. The summed E-state index contributed by atoms with van der Waals surface area (Å²) in [5, 5.41) is 24.1. The predicted octanol–water partition coefficient (Wildman–Crippen LogP) is 2.93. The Balaban J connectivity index is 1.67. The summed E-state index contributed by atoms with van der Waals surface area (Å²) < 4.78 is 2.63. The standard InChI is InChI=1S/C12H12N6O3S4/c1-2-3-13-7(19)6-23-11-15-16-12(25-11)24-8-9(18(20)21)17-4-5-22-10(17)14-8/h4-5H,2-3,6H2,1H3,(H,13,19). The topological polar surface area (TPSA) is 115 Å². The summed E-state index contributed by atoms with van der Waals surface area (Å²) in [6.45, 7) is 2.64. The molecule has 3 aromatic heterocycles. The van der Waals surface area contributed by atoms with Crippen LogP contribution in [0.3, 0.4) is 0 Å². The number of thioether (sulfide) groups is 1. The quantitative estimate of drug-likeness (QED) is 0.338. The third-order valence-electron chi connectivity index (χ3n) is 2.85. The van der Waals surface area contributed by atoms with Gasteiger partial charge < -0.3 is 15.4 Å². The fourth-order valence-corrected chi connectivity index (χ4v) is 5.44. The summed E-state index contributed by atoms with van der Waals surface area (Å²) in [6, 6.07) is 0. The molecule has 0 aromatic carbocycles. The summed E-state index contributed by atoms with van der Waals surface area (Å²) in [4.78, 5) is 27.3. The first-order valence-electron chi connectivity index (χ1n) is 7.09. The molecule has 25 heavy (non-hydrogen) atoms. The number of nitrogens with zero attached hydrogens (tertiary/aromatic N) is 5. The van der Waals surface area contributed by atoms with Crippen LogP contribution in [0, 0.1) is 10.1 Å². The average molecular weight is 417 g/mol. The molecular weight excluding hydrogens is 404 g/mol. The van der Waals surface area contributed by atoms with Gasteiger partial charge in [-0.2, -0.15) is 9.38 Å². The molecule has 0 aliphatic carbocycles. The highest BCUT2D eigenvalue weighted by atomic mass is 32.2. The molecule has 3 rings (SSSR count). The molecule has 3 aromatic rings. The Bertz CT molecular complexity index is 904. The van der Waals surface area contributed by atoms with Gasteiger partial charge in [0.15, 0.2) is 8.68 Å². The van der Waals surface area contributed by atoms with Crippen molar-refractivity contribution in [1.29, 1.82) is 0 Å². The van der Waals surface area contributed by atoms with Crippen molar-refractivity contribution in [3.63, 3.8) is 0 Å². The lowest BCUT2D eigenvalue weighted by Gasteiger charge is -2.00. The van der Waals surface area contributed by atoms with Gasteiger partial charge >= 0.3 is 5.82 Å². The van der Waals surface area contributed by atoms with Gasteiger partial charge in [-0.05, 0) is 23.1 Å². The third kappa shape index (κ3) is 4.29. The minimum atomic E-state index is -0.455. The largest absolute Gasteiger partial charge is 0.363 e. The molecule has 0 saturated heterocycles. The monoisotopic (exact) mass is 416 g/mol. The van der Waals surface area contributed by atoms with E-state index in [0.29, 0.717) is 20.2 Å². The Hall–Kier alpha value is -1.70. The molecule has 0 unspecified atom stereocenters. The van der Waals surface area contributed by atoms with Crippen LogP contribution >= 0.6 is 46.2 Å². The summed E-state index contributed by atoms with van der Waals surface area (Å²) in [7, 11) is 0. The number of nitro groups is 1. The third-order valence-corrected chi connectivity index (χ3v) is 6.68. The van der Waals surface area contributed by atoms with Gasteiger partial charge in [0.05, 0.1) is 5.75 Å². The SMILES string of the molecule is CCCNC(=O)CSc1nnc(Sc2nc3sccn3c2[N+](=O)[O-])s1. The molecule has 13 heteroatoms. The van der Waals surface area contributed by atoms with E-state index in [-0.39, 0.29) is 22.5 Å². The molecule has 1 N–H and O–H groups in total. The maximum absolute atomic E-state index is 11.6. The first-order valence-corrected chi connectivity index (χ1v) is 10.6. The smallest absolute Gasteiger partial charge is 0.358 e. The van der Waals surface area contributed by atoms with E-state index in [1.54, 1.807) is 11.6 Å². The number of carbonyl (C=O) groups excluding carboxylic acids is 1. The fraction of sp³-hybridized carbons (Fsp3) is 0.333. The van der Waals surface area contributed by atoms with Crippen LogP contribution in [0.1, 0.15) is 13.3 Å². The van der Waals surface area contributed by atoms with Crippen molar-refractivity contribution in [2.24, 2.45) is 0 Å². The van der Waals surface area contributed by atoms with Gasteiger partial charge in [0, 0.05) is 11.9 Å². The zero-order valence-electron chi connectivity index (χ0n) is 12.9. The second kappa shape index (κ2) is 8.12. The van der Waals surface area contributed by atoms with Crippen molar-refractivity contribution in [2.45, 2.75) is 27.0 Å². The Morgan fingerprint density at radius 2 is 2.24 bits per heavy atom. The van der Waals surface area contributed by atoms with E-state index in [1.165, 1.54) is 38.8 Å². The Labute approximate surface area is 158 Å². The number of amides is 1. The van der Waals surface area contributed by atoms with Crippen molar-refractivity contribution < 1.29 is 9.72 Å². The maximum Gasteiger partial charge on any atom is 0.363 e. The lowest BCUT2D eigenvalue weighted by atomic mass is 10.5. The van der Waals surface area contributed by atoms with E-state index in [4.69, 9.17) is 0 Å². The number of hydrogen-bond donors (Lipinski definition) is 1. The van der Waals surface area contributed by atoms with Crippen molar-refractivity contribution in [3.8, 4) is 0 Å². The zero-order chi connectivity index (χ0) is 17.8. The van der Waals surface area contributed by atoms with E-state index in [0.717, 1.165) is 18.2 Å². The molecule has 3 heterocycles. The Kier molecular flexibility index (Phi) is 5.88. The van der Waals surface area contributed by atoms with Crippen molar-refractivity contribution in [1.82, 2.24) is 24.9 Å². The van der Waals surface area contributed by atoms with Gasteiger partial charge in [-0.25, -0.2) is 0 Å². The highest BCUT2D eigenvalue weighted by molar-refractivity contribution is 8.03. The van der Waals surface area contributed by atoms with Gasteiger partial charge in [-0.1, -0.05) is 41.4 Å². The van der Waals surface area contributed by atoms with Gasteiger partial charge in [0.1, 0.15) is 6.20 Å². The summed E-state index contributed by atoms with van der Waals surface area (Å²) in [5.41, 5.74) is 0.